The third-order valence-corrected chi connectivity index (χ3v) is 7.38. The maximum absolute atomic E-state index is 13.9. The van der Waals surface area contributed by atoms with Crippen molar-refractivity contribution in [3.63, 3.8) is 0 Å². The van der Waals surface area contributed by atoms with E-state index >= 15 is 0 Å². The fourth-order valence-electron chi connectivity index (χ4n) is 2.56. The van der Waals surface area contributed by atoms with Crippen LogP contribution in [0.4, 0.5) is 0 Å². The zero-order chi connectivity index (χ0) is 16.8. The molecule has 0 atom stereocenters. The summed E-state index contributed by atoms with van der Waals surface area (Å²) in [7, 11) is -1.65. The Balaban J connectivity index is 3.37. The van der Waals surface area contributed by atoms with Gasteiger partial charge in [0.1, 0.15) is 12.0 Å². The molecule has 0 aliphatic carbocycles. The molecule has 0 amide bonds. The van der Waals surface area contributed by atoms with E-state index in [9.17, 15) is 9.36 Å². The molecule has 0 unspecified atom stereocenters. The average Bonchev–Trinajstić information content (AvgIpc) is 2.98. The van der Waals surface area contributed by atoms with Crippen LogP contribution in [0.3, 0.4) is 0 Å². The molecular formula is C14H27N4O3P. The van der Waals surface area contributed by atoms with Crippen molar-refractivity contribution in [2.75, 3.05) is 33.3 Å². The molecule has 0 fully saturated rings. The van der Waals surface area contributed by atoms with Crippen molar-refractivity contribution < 1.29 is 14.1 Å². The smallest absolute Gasteiger partial charge is 0.325 e. The number of imidazole rings is 1. The van der Waals surface area contributed by atoms with Gasteiger partial charge in [0.05, 0.1) is 19.6 Å². The van der Waals surface area contributed by atoms with E-state index in [4.69, 9.17) is 4.74 Å². The summed E-state index contributed by atoms with van der Waals surface area (Å²) in [4.78, 5) is 15.7. The molecule has 0 saturated heterocycles. The minimum absolute atomic E-state index is 0.0123. The van der Waals surface area contributed by atoms with Gasteiger partial charge in [-0.05, 0) is 0 Å². The molecule has 0 bridgehead atoms. The molecule has 7 nitrogen and oxygen atoms in total. The lowest BCUT2D eigenvalue weighted by molar-refractivity contribution is -0.141. The van der Waals surface area contributed by atoms with Crippen LogP contribution in [0.1, 0.15) is 27.7 Å². The Morgan fingerprint density at radius 2 is 1.68 bits per heavy atom. The third-order valence-electron chi connectivity index (χ3n) is 3.74. The van der Waals surface area contributed by atoms with E-state index in [1.165, 1.54) is 13.4 Å². The number of hydrogen-bond acceptors (Lipinski definition) is 4. The van der Waals surface area contributed by atoms with Crippen molar-refractivity contribution >= 4 is 18.8 Å². The van der Waals surface area contributed by atoms with E-state index < -0.39 is 7.44 Å². The molecule has 22 heavy (non-hydrogen) atoms. The quantitative estimate of drug-likeness (QED) is 0.506. The number of carbonyl (C=O) groups excluding carboxylic acids is 1. The zero-order valence-electron chi connectivity index (χ0n) is 14.2. The molecule has 1 heterocycles. The molecule has 0 saturated carbocycles. The molecule has 1 aromatic heterocycles. The van der Waals surface area contributed by atoms with Gasteiger partial charge in [-0.1, -0.05) is 27.7 Å². The van der Waals surface area contributed by atoms with Gasteiger partial charge in [-0.3, -0.25) is 9.36 Å². The maximum atomic E-state index is 13.9. The van der Waals surface area contributed by atoms with Crippen molar-refractivity contribution in [1.29, 1.82) is 0 Å². The van der Waals surface area contributed by atoms with Crippen LogP contribution >= 0.6 is 7.44 Å². The van der Waals surface area contributed by atoms with Gasteiger partial charge in [-0.25, -0.2) is 14.3 Å². The normalized spacial score (nSPS) is 12.1. The molecule has 8 heteroatoms. The second kappa shape index (κ2) is 8.46. The Labute approximate surface area is 132 Å². The lowest BCUT2D eigenvalue weighted by Crippen LogP contribution is -2.40. The van der Waals surface area contributed by atoms with Gasteiger partial charge in [0.2, 0.25) is 0 Å². The number of hydrogen-bond donors (Lipinski definition) is 0. The molecule has 0 aliphatic rings. The molecule has 126 valence electrons. The number of esters is 1. The molecule has 0 aromatic carbocycles. The minimum Gasteiger partial charge on any atom is -0.468 e. The van der Waals surface area contributed by atoms with Crippen LogP contribution in [-0.4, -0.2) is 58.2 Å². The largest absolute Gasteiger partial charge is 0.468 e. The van der Waals surface area contributed by atoms with E-state index in [1.54, 1.807) is 10.8 Å². The lowest BCUT2D eigenvalue weighted by Gasteiger charge is -2.37. The van der Waals surface area contributed by atoms with Crippen LogP contribution in [0, 0.1) is 0 Å². The Bertz CT molecular complexity index is 508. The Hall–Kier alpha value is -1.17. The molecule has 1 rings (SSSR count). The second-order valence-corrected chi connectivity index (χ2v) is 7.46. The Morgan fingerprint density at radius 1 is 1.18 bits per heavy atom. The summed E-state index contributed by atoms with van der Waals surface area (Å²) < 4.78 is 24.2. The molecule has 0 aliphatic heterocycles. The summed E-state index contributed by atoms with van der Waals surface area (Å²) in [6.45, 7) is 10.6. The van der Waals surface area contributed by atoms with E-state index in [2.05, 4.69) is 4.98 Å². The number of nitrogens with zero attached hydrogens (tertiary/aromatic N) is 4. The Morgan fingerprint density at radius 3 is 2.09 bits per heavy atom. The van der Waals surface area contributed by atoms with E-state index in [-0.39, 0.29) is 12.5 Å². The molecular weight excluding hydrogens is 303 g/mol. The van der Waals surface area contributed by atoms with Crippen LogP contribution in [0.5, 0.6) is 0 Å². The fourth-order valence-corrected chi connectivity index (χ4v) is 5.71. The van der Waals surface area contributed by atoms with E-state index in [1.807, 2.05) is 37.0 Å². The summed E-state index contributed by atoms with van der Waals surface area (Å²) in [5.41, 5.74) is 0.574. The first kappa shape index (κ1) is 18.9. The summed E-state index contributed by atoms with van der Waals surface area (Å²) in [6.07, 6.45) is 3.13. The van der Waals surface area contributed by atoms with Crippen molar-refractivity contribution in [3.05, 3.63) is 12.5 Å². The highest BCUT2D eigenvalue weighted by molar-refractivity contribution is 7.66. The predicted molar refractivity (Wildman–Crippen MR) is 87.3 cm³/mol. The minimum atomic E-state index is -2.99. The summed E-state index contributed by atoms with van der Waals surface area (Å²) in [6, 6.07) is 0. The van der Waals surface area contributed by atoms with Gasteiger partial charge in [0.15, 0.2) is 0 Å². The summed E-state index contributed by atoms with van der Waals surface area (Å²) in [5, 5.41) is 0. The van der Waals surface area contributed by atoms with Crippen LogP contribution in [0.2, 0.25) is 0 Å². The first-order chi connectivity index (χ1) is 10.5. The van der Waals surface area contributed by atoms with Crippen molar-refractivity contribution in [2.24, 2.45) is 0 Å². The highest BCUT2D eigenvalue weighted by Gasteiger charge is 2.39. The number of aromatic nitrogens is 2. The maximum Gasteiger partial charge on any atom is 0.325 e. The first-order valence-corrected chi connectivity index (χ1v) is 9.29. The molecule has 1 aromatic rings. The molecule has 0 N–H and O–H groups in total. The van der Waals surface area contributed by atoms with Gasteiger partial charge < -0.3 is 9.30 Å². The van der Waals surface area contributed by atoms with Gasteiger partial charge in [-0.2, -0.15) is 0 Å². The Kier molecular flexibility index (Phi) is 7.26. The van der Waals surface area contributed by atoms with Crippen LogP contribution in [0.25, 0.3) is 0 Å². The summed E-state index contributed by atoms with van der Waals surface area (Å²) >= 11 is 0. The van der Waals surface area contributed by atoms with Crippen molar-refractivity contribution in [2.45, 2.75) is 34.2 Å². The molecule has 0 radical (unpaired) electrons. The van der Waals surface area contributed by atoms with Crippen LogP contribution in [0.15, 0.2) is 12.5 Å². The standard InChI is InChI=1S/C14H27N4O3P/c1-6-17(7-2)22(20,18(8-3)9-4)13-10-15-12-16(13)11-14(19)21-5/h10,12H,6-9,11H2,1-5H3. The average molecular weight is 330 g/mol. The molecule has 0 spiro atoms. The topological polar surface area (TPSA) is 67.7 Å². The van der Waals surface area contributed by atoms with Crippen LogP contribution in [-0.2, 0) is 20.6 Å². The van der Waals surface area contributed by atoms with Gasteiger partial charge in [0.25, 0.3) is 7.44 Å². The van der Waals surface area contributed by atoms with Crippen LogP contribution < -0.4 is 5.44 Å². The predicted octanol–water partition coefficient (Wildman–Crippen LogP) is 1.56. The monoisotopic (exact) mass is 330 g/mol. The highest BCUT2D eigenvalue weighted by atomic mass is 31.2. The van der Waals surface area contributed by atoms with E-state index in [0.29, 0.717) is 31.6 Å². The zero-order valence-corrected chi connectivity index (χ0v) is 15.0. The first-order valence-electron chi connectivity index (χ1n) is 7.67. The van der Waals surface area contributed by atoms with E-state index in [0.717, 1.165) is 0 Å². The lowest BCUT2D eigenvalue weighted by atomic mass is 10.6. The SMILES string of the molecule is CCN(CC)P(=O)(c1cncn1CC(=O)OC)N(CC)CC. The third kappa shape index (κ3) is 3.59. The fraction of sp³-hybridized carbons (Fsp3) is 0.714. The van der Waals surface area contributed by atoms with Gasteiger partial charge in [0, 0.05) is 26.2 Å². The summed E-state index contributed by atoms with van der Waals surface area (Å²) in [5.74, 6) is -0.384. The van der Waals surface area contributed by atoms with Crippen molar-refractivity contribution in [3.8, 4) is 0 Å². The van der Waals surface area contributed by atoms with Gasteiger partial charge in [-0.15, -0.1) is 0 Å². The number of carbonyl (C=O) groups is 1. The highest BCUT2D eigenvalue weighted by Crippen LogP contribution is 2.51. The van der Waals surface area contributed by atoms with Gasteiger partial charge >= 0.3 is 5.97 Å². The number of rotatable bonds is 9. The number of methoxy groups -OCH3 is 1. The second-order valence-electron chi connectivity index (χ2n) is 4.78. The number of ether oxygens (including phenoxy) is 1. The van der Waals surface area contributed by atoms with Crippen molar-refractivity contribution in [1.82, 2.24) is 18.9 Å².